The first-order valence-corrected chi connectivity index (χ1v) is 18.4. The van der Waals surface area contributed by atoms with Crippen molar-refractivity contribution in [1.29, 1.82) is 0 Å². The molecule has 0 aliphatic carbocycles. The monoisotopic (exact) mass is 644 g/mol. The maximum absolute atomic E-state index is 11.5. The lowest BCUT2D eigenvalue weighted by Crippen LogP contribution is -2.36. The molecule has 1 aromatic heterocycles. The van der Waals surface area contributed by atoms with Crippen LogP contribution in [0.2, 0.25) is 0 Å². The molecule has 3 aromatic carbocycles. The van der Waals surface area contributed by atoms with Gasteiger partial charge in [0.15, 0.2) is 6.54 Å². The van der Waals surface area contributed by atoms with Crippen molar-refractivity contribution in [3.63, 3.8) is 0 Å². The lowest BCUT2D eigenvalue weighted by molar-refractivity contribution is -0.667. The third kappa shape index (κ3) is 7.24. The summed E-state index contributed by atoms with van der Waals surface area (Å²) in [5.41, 5.74) is 4.16. The molecule has 0 spiro atoms. The second-order valence-electron chi connectivity index (χ2n) is 10.3. The topological polar surface area (TPSA) is 119 Å². The summed E-state index contributed by atoms with van der Waals surface area (Å²) in [5.74, 6) is -0.739. The smallest absolute Gasteiger partial charge is 0.265 e. The van der Waals surface area contributed by atoms with Gasteiger partial charge in [-0.2, -0.15) is 13.0 Å². The molecule has 0 amide bonds. The van der Waals surface area contributed by atoms with Crippen molar-refractivity contribution in [2.45, 2.75) is 44.6 Å². The van der Waals surface area contributed by atoms with Gasteiger partial charge in [0, 0.05) is 29.7 Å². The number of thiazole rings is 1. The average molecular weight is 645 g/mol. The molecule has 8 nitrogen and oxygen atoms in total. The second-order valence-corrected chi connectivity index (χ2v) is 15.5. The van der Waals surface area contributed by atoms with Crippen molar-refractivity contribution in [1.82, 2.24) is 0 Å². The van der Waals surface area contributed by atoms with E-state index in [0.717, 1.165) is 59.2 Å². The maximum atomic E-state index is 11.5. The molecule has 42 heavy (non-hydrogen) atoms. The van der Waals surface area contributed by atoms with Crippen LogP contribution in [0.5, 0.6) is 0 Å². The van der Waals surface area contributed by atoms with Gasteiger partial charge in [-0.3, -0.25) is 4.55 Å². The highest BCUT2D eigenvalue weighted by Crippen LogP contribution is 2.47. The zero-order valence-corrected chi connectivity index (χ0v) is 26.6. The molecule has 12 heteroatoms. The highest BCUT2D eigenvalue weighted by Gasteiger charge is 2.26. The van der Waals surface area contributed by atoms with E-state index in [1.54, 1.807) is 23.1 Å². The highest BCUT2D eigenvalue weighted by atomic mass is 32.2. The summed E-state index contributed by atoms with van der Waals surface area (Å²) in [6, 6.07) is 18.4. The van der Waals surface area contributed by atoms with Crippen molar-refractivity contribution in [3.8, 4) is 0 Å². The Morgan fingerprint density at radius 3 is 2.57 bits per heavy atom. The van der Waals surface area contributed by atoms with Crippen molar-refractivity contribution < 1.29 is 30.5 Å². The van der Waals surface area contributed by atoms with Gasteiger partial charge in [-0.1, -0.05) is 60.4 Å². The standard InChI is InChI=1S/C30H32N2O6S4/c1-3-22(19-28-31(14-6-16-41(33,34)35)25-18-21(2)10-12-26(25)39-28)20-29-32(15-7-17-42(36,37)38)30-24-9-5-4-8-23(24)11-13-27(30)40-29/h4-5,8-13,18-20H,3,6-7,14-17H2,1-2H3,(H-,33,34,35,36,37,38). The minimum Gasteiger partial charge on any atom is -0.748 e. The summed E-state index contributed by atoms with van der Waals surface area (Å²) >= 11 is 3.24. The Bertz CT molecular complexity index is 1930. The van der Waals surface area contributed by atoms with E-state index in [0.29, 0.717) is 13.1 Å². The van der Waals surface area contributed by atoms with Crippen molar-refractivity contribution in [2.75, 3.05) is 23.0 Å². The van der Waals surface area contributed by atoms with Gasteiger partial charge in [-0.25, -0.2) is 8.42 Å². The first-order valence-electron chi connectivity index (χ1n) is 13.6. The molecule has 0 unspecified atom stereocenters. The number of fused-ring (bicyclic) bond motifs is 4. The van der Waals surface area contributed by atoms with Gasteiger partial charge >= 0.3 is 0 Å². The van der Waals surface area contributed by atoms with Crippen LogP contribution in [0.4, 0.5) is 5.69 Å². The van der Waals surface area contributed by atoms with E-state index < -0.39 is 26.0 Å². The lowest BCUT2D eigenvalue weighted by atomic mass is 10.1. The number of anilines is 1. The van der Waals surface area contributed by atoms with E-state index in [1.165, 1.54) is 0 Å². The molecular weight excluding hydrogens is 613 g/mol. The molecule has 1 aliphatic heterocycles. The van der Waals surface area contributed by atoms with Crippen LogP contribution in [-0.2, 0) is 26.8 Å². The summed E-state index contributed by atoms with van der Waals surface area (Å²) in [4.78, 5) is 3.15. The molecule has 222 valence electrons. The minimum absolute atomic E-state index is 0.222. The zero-order chi connectivity index (χ0) is 30.1. The first-order chi connectivity index (χ1) is 19.9. The Kier molecular flexibility index (Phi) is 9.12. The molecule has 0 atom stereocenters. The lowest BCUT2D eigenvalue weighted by Gasteiger charge is -2.21. The summed E-state index contributed by atoms with van der Waals surface area (Å²) in [7, 11) is -8.39. The third-order valence-corrected chi connectivity index (χ3v) is 10.9. The van der Waals surface area contributed by atoms with Gasteiger partial charge in [-0.05, 0) is 66.6 Å². The Hall–Kier alpha value is -2.74. The number of aromatic nitrogens is 1. The van der Waals surface area contributed by atoms with Gasteiger partial charge in [0.25, 0.3) is 15.1 Å². The van der Waals surface area contributed by atoms with Gasteiger partial charge in [0.1, 0.15) is 4.70 Å². The highest BCUT2D eigenvalue weighted by molar-refractivity contribution is 8.03. The van der Waals surface area contributed by atoms with Gasteiger partial charge < -0.3 is 9.45 Å². The number of thioether (sulfide) groups is 1. The second kappa shape index (κ2) is 12.5. The van der Waals surface area contributed by atoms with Crippen LogP contribution in [0.1, 0.15) is 36.8 Å². The van der Waals surface area contributed by atoms with Crippen LogP contribution in [0.3, 0.4) is 0 Å². The molecule has 0 saturated carbocycles. The van der Waals surface area contributed by atoms with Crippen LogP contribution < -0.4 is 9.47 Å². The first kappa shape index (κ1) is 30.7. The number of hydrogen-bond donors (Lipinski definition) is 1. The zero-order valence-electron chi connectivity index (χ0n) is 23.3. The number of benzene rings is 3. The number of hydrogen-bond acceptors (Lipinski definition) is 8. The minimum atomic E-state index is -4.31. The van der Waals surface area contributed by atoms with E-state index in [4.69, 9.17) is 0 Å². The fourth-order valence-corrected chi connectivity index (χ4v) is 8.42. The average Bonchev–Trinajstić information content (AvgIpc) is 3.44. The number of nitrogens with zero attached hydrogens (tertiary/aromatic N) is 2. The number of aryl methyl sites for hydroxylation is 2. The summed E-state index contributed by atoms with van der Waals surface area (Å²) in [6.45, 7) is 4.90. The molecule has 4 aromatic rings. The molecule has 5 rings (SSSR count). The SMILES string of the molecule is CCC(=C/c1sc2ccc3ccccc3c2[n+]1CCCS(=O)(=O)O)/C=C1\Sc2ccc(C)cc2N1CCCS(=O)(=O)[O-]. The van der Waals surface area contributed by atoms with Crippen molar-refractivity contribution in [2.24, 2.45) is 0 Å². The van der Waals surface area contributed by atoms with Crippen molar-refractivity contribution in [3.05, 3.63) is 81.8 Å². The van der Waals surface area contributed by atoms with E-state index in [2.05, 4.69) is 64.9 Å². The normalized spacial score (nSPS) is 15.3. The summed E-state index contributed by atoms with van der Waals surface area (Å²) in [5, 5.41) is 4.08. The Balaban J connectivity index is 1.56. The Morgan fingerprint density at radius 2 is 1.83 bits per heavy atom. The van der Waals surface area contributed by atoms with Crippen LogP contribution in [0.25, 0.3) is 27.1 Å². The molecule has 0 saturated heterocycles. The largest absolute Gasteiger partial charge is 0.748 e. The molecule has 0 fully saturated rings. The molecular formula is C30H32N2O6S4. The summed E-state index contributed by atoms with van der Waals surface area (Å²) < 4.78 is 69.4. The van der Waals surface area contributed by atoms with Crippen LogP contribution in [0, 0.1) is 6.92 Å². The molecule has 2 heterocycles. The van der Waals surface area contributed by atoms with Gasteiger partial charge in [0.2, 0.25) is 5.52 Å². The molecule has 1 aliphatic rings. The van der Waals surface area contributed by atoms with Gasteiger partial charge in [0.05, 0.1) is 32.0 Å². The maximum Gasteiger partial charge on any atom is 0.265 e. The van der Waals surface area contributed by atoms with E-state index >= 15 is 0 Å². The van der Waals surface area contributed by atoms with Crippen molar-refractivity contribution >= 4 is 76.1 Å². The van der Waals surface area contributed by atoms with E-state index in [1.807, 2.05) is 25.1 Å². The quantitative estimate of drug-likeness (QED) is 0.154. The molecule has 0 radical (unpaired) electrons. The van der Waals surface area contributed by atoms with E-state index in [9.17, 15) is 25.9 Å². The molecule has 0 bridgehead atoms. The van der Waals surface area contributed by atoms with Gasteiger partial charge in [-0.15, -0.1) is 0 Å². The predicted octanol–water partition coefficient (Wildman–Crippen LogP) is 6.11. The van der Waals surface area contributed by atoms with E-state index in [-0.39, 0.29) is 18.6 Å². The van der Waals surface area contributed by atoms with Crippen LogP contribution in [0.15, 0.2) is 76.2 Å². The fraction of sp³-hybridized carbons (Fsp3) is 0.300. The van der Waals surface area contributed by atoms with Crippen LogP contribution >= 0.6 is 23.1 Å². The molecule has 1 N–H and O–H groups in total. The predicted molar refractivity (Wildman–Crippen MR) is 170 cm³/mol. The Morgan fingerprint density at radius 1 is 1.05 bits per heavy atom. The third-order valence-electron chi connectivity index (χ3n) is 7.09. The summed E-state index contributed by atoms with van der Waals surface area (Å²) in [6.07, 6.45) is 5.44. The number of allylic oxidation sites excluding steroid dienone is 2. The number of rotatable bonds is 11. The Labute approximate surface area is 254 Å². The fourth-order valence-electron chi connectivity index (χ4n) is 5.12. The van der Waals surface area contributed by atoms with Crippen LogP contribution in [-0.4, -0.2) is 44.0 Å².